The molecule has 0 bridgehead atoms. The third-order valence-electron chi connectivity index (χ3n) is 3.55. The molecule has 0 aliphatic heterocycles. The second kappa shape index (κ2) is 4.55. The van der Waals surface area contributed by atoms with Crippen LogP contribution < -0.4 is 0 Å². The van der Waals surface area contributed by atoms with E-state index in [1.807, 2.05) is 0 Å². The molecule has 0 fully saturated rings. The summed E-state index contributed by atoms with van der Waals surface area (Å²) in [5.74, 6) is 0. The topological polar surface area (TPSA) is 0 Å². The van der Waals surface area contributed by atoms with Gasteiger partial charge in [-0.15, -0.1) is 0 Å². The molecule has 0 N–H and O–H groups in total. The van der Waals surface area contributed by atoms with Crippen molar-refractivity contribution in [1.82, 2.24) is 0 Å². The van der Waals surface area contributed by atoms with Crippen LogP contribution in [0.4, 0.5) is 0 Å². The maximum absolute atomic E-state index is 2.28. The average molecular weight is 246 g/mol. The molecule has 0 saturated heterocycles. The van der Waals surface area contributed by atoms with Gasteiger partial charge in [0.15, 0.2) is 0 Å². The molecule has 3 aromatic carbocycles. The number of aryl methyl sites for hydroxylation is 3. The molecule has 94 valence electrons. The highest BCUT2D eigenvalue weighted by Crippen LogP contribution is 2.26. The van der Waals surface area contributed by atoms with E-state index in [1.165, 1.54) is 38.6 Å². The molecular weight excluding hydrogens is 228 g/mol. The predicted molar refractivity (Wildman–Crippen MR) is 83.6 cm³/mol. The van der Waals surface area contributed by atoms with Gasteiger partial charge in [0.1, 0.15) is 0 Å². The monoisotopic (exact) mass is 246 g/mol. The quantitative estimate of drug-likeness (QED) is 0.537. The van der Waals surface area contributed by atoms with Crippen LogP contribution >= 0.6 is 0 Å². The van der Waals surface area contributed by atoms with Crippen LogP contribution in [-0.2, 0) is 0 Å². The molecular formula is C19H18. The number of rotatable bonds is 1. The summed E-state index contributed by atoms with van der Waals surface area (Å²) >= 11 is 0. The number of hydrogen-bond acceptors (Lipinski definition) is 0. The van der Waals surface area contributed by atoms with Crippen molar-refractivity contribution in [1.29, 1.82) is 0 Å². The van der Waals surface area contributed by atoms with E-state index in [1.54, 1.807) is 0 Å². The summed E-state index contributed by atoms with van der Waals surface area (Å²) in [4.78, 5) is 0. The van der Waals surface area contributed by atoms with Crippen molar-refractivity contribution in [2.24, 2.45) is 0 Å². The molecule has 0 aliphatic carbocycles. The molecule has 0 amide bonds. The Bertz CT molecular complexity index is 731. The number of fused-ring (bicyclic) bond motifs is 1. The first-order valence-electron chi connectivity index (χ1n) is 6.71. The van der Waals surface area contributed by atoms with Gasteiger partial charge in [-0.2, -0.15) is 0 Å². The molecule has 0 unspecified atom stereocenters. The minimum Gasteiger partial charge on any atom is -0.0587 e. The fourth-order valence-electron chi connectivity index (χ4n) is 2.69. The normalized spacial score (nSPS) is 10.9. The zero-order chi connectivity index (χ0) is 13.4. The Morgan fingerprint density at radius 1 is 0.474 bits per heavy atom. The van der Waals surface area contributed by atoms with Gasteiger partial charge in [-0.1, -0.05) is 65.2 Å². The number of benzene rings is 3. The van der Waals surface area contributed by atoms with E-state index in [2.05, 4.69) is 75.4 Å². The van der Waals surface area contributed by atoms with Gasteiger partial charge in [0, 0.05) is 0 Å². The fourth-order valence-corrected chi connectivity index (χ4v) is 2.69. The lowest BCUT2D eigenvalue weighted by atomic mass is 9.98. The first kappa shape index (κ1) is 12.0. The van der Waals surface area contributed by atoms with E-state index >= 15 is 0 Å². The summed E-state index contributed by atoms with van der Waals surface area (Å²) in [6.07, 6.45) is 0. The highest BCUT2D eigenvalue weighted by molar-refractivity contribution is 5.88. The third kappa shape index (κ3) is 2.39. The van der Waals surface area contributed by atoms with Crippen LogP contribution in [0.15, 0.2) is 54.6 Å². The van der Waals surface area contributed by atoms with E-state index in [9.17, 15) is 0 Å². The van der Waals surface area contributed by atoms with Gasteiger partial charge in [-0.3, -0.25) is 0 Å². The molecule has 3 rings (SSSR count). The van der Waals surface area contributed by atoms with Crippen LogP contribution in [-0.4, -0.2) is 0 Å². The Kier molecular flexibility index (Phi) is 2.87. The smallest absolute Gasteiger partial charge is 0.0177 e. The molecule has 0 nitrogen and oxygen atoms in total. The van der Waals surface area contributed by atoms with Crippen LogP contribution in [0.2, 0.25) is 0 Å². The SMILES string of the molecule is Cc1cc(C)cc(-c2ccc3cc(C)ccc3c2)c1. The van der Waals surface area contributed by atoms with Gasteiger partial charge in [-0.05, 0) is 48.7 Å². The lowest BCUT2D eigenvalue weighted by Crippen LogP contribution is -1.83. The Labute approximate surface area is 114 Å². The molecule has 3 aromatic rings. The van der Waals surface area contributed by atoms with E-state index in [4.69, 9.17) is 0 Å². The van der Waals surface area contributed by atoms with Crippen molar-refractivity contribution in [3.8, 4) is 11.1 Å². The molecule has 0 atom stereocenters. The summed E-state index contributed by atoms with van der Waals surface area (Å²) < 4.78 is 0. The zero-order valence-corrected chi connectivity index (χ0v) is 11.7. The van der Waals surface area contributed by atoms with Crippen LogP contribution in [0.3, 0.4) is 0 Å². The van der Waals surface area contributed by atoms with Gasteiger partial charge < -0.3 is 0 Å². The van der Waals surface area contributed by atoms with Gasteiger partial charge in [-0.25, -0.2) is 0 Å². The van der Waals surface area contributed by atoms with Crippen LogP contribution in [0, 0.1) is 20.8 Å². The number of hydrogen-bond donors (Lipinski definition) is 0. The largest absolute Gasteiger partial charge is 0.0587 e. The van der Waals surface area contributed by atoms with Crippen molar-refractivity contribution >= 4 is 10.8 Å². The van der Waals surface area contributed by atoms with Crippen molar-refractivity contribution in [2.75, 3.05) is 0 Å². The van der Waals surface area contributed by atoms with Crippen molar-refractivity contribution in [2.45, 2.75) is 20.8 Å². The minimum absolute atomic E-state index is 1.29. The molecule has 0 radical (unpaired) electrons. The maximum atomic E-state index is 2.28. The summed E-state index contributed by atoms with van der Waals surface area (Å²) in [6, 6.07) is 20.1. The van der Waals surface area contributed by atoms with Crippen molar-refractivity contribution in [3.05, 3.63) is 71.3 Å². The lowest BCUT2D eigenvalue weighted by Gasteiger charge is -2.07. The van der Waals surface area contributed by atoms with E-state index in [0.717, 1.165) is 0 Å². The Hall–Kier alpha value is -2.08. The highest BCUT2D eigenvalue weighted by Gasteiger charge is 2.01. The Morgan fingerprint density at radius 3 is 1.84 bits per heavy atom. The fraction of sp³-hybridized carbons (Fsp3) is 0.158. The summed E-state index contributed by atoms with van der Waals surface area (Å²) in [6.45, 7) is 6.44. The first-order chi connectivity index (χ1) is 9.11. The molecule has 0 heteroatoms. The van der Waals surface area contributed by atoms with E-state index < -0.39 is 0 Å². The predicted octanol–water partition coefficient (Wildman–Crippen LogP) is 5.43. The summed E-state index contributed by atoms with van der Waals surface area (Å²) in [5, 5.41) is 2.62. The molecule has 0 heterocycles. The van der Waals surface area contributed by atoms with Gasteiger partial charge in [0.05, 0.1) is 0 Å². The molecule has 0 saturated carbocycles. The summed E-state index contributed by atoms with van der Waals surface area (Å²) in [5.41, 5.74) is 6.55. The average Bonchev–Trinajstić information content (AvgIpc) is 2.37. The third-order valence-corrected chi connectivity index (χ3v) is 3.55. The second-order valence-corrected chi connectivity index (χ2v) is 5.44. The maximum Gasteiger partial charge on any atom is -0.0177 e. The Morgan fingerprint density at radius 2 is 1.11 bits per heavy atom. The van der Waals surface area contributed by atoms with Crippen molar-refractivity contribution < 1.29 is 0 Å². The standard InChI is InChI=1S/C19H18/c1-13-4-5-17-12-18(7-6-16(17)9-13)19-10-14(2)8-15(3)11-19/h4-12H,1-3H3. The molecule has 19 heavy (non-hydrogen) atoms. The van der Waals surface area contributed by atoms with Crippen LogP contribution in [0.1, 0.15) is 16.7 Å². The minimum atomic E-state index is 1.29. The van der Waals surface area contributed by atoms with E-state index in [-0.39, 0.29) is 0 Å². The molecule has 0 aliphatic rings. The Balaban J connectivity index is 2.17. The van der Waals surface area contributed by atoms with Gasteiger partial charge >= 0.3 is 0 Å². The lowest BCUT2D eigenvalue weighted by molar-refractivity contribution is 1.38. The van der Waals surface area contributed by atoms with Gasteiger partial charge in [0.25, 0.3) is 0 Å². The van der Waals surface area contributed by atoms with E-state index in [0.29, 0.717) is 0 Å². The van der Waals surface area contributed by atoms with Crippen LogP contribution in [0.25, 0.3) is 21.9 Å². The zero-order valence-electron chi connectivity index (χ0n) is 11.7. The van der Waals surface area contributed by atoms with Crippen molar-refractivity contribution in [3.63, 3.8) is 0 Å². The highest BCUT2D eigenvalue weighted by atomic mass is 14.1. The van der Waals surface area contributed by atoms with Gasteiger partial charge in [0.2, 0.25) is 0 Å². The summed E-state index contributed by atoms with van der Waals surface area (Å²) in [7, 11) is 0. The molecule has 0 spiro atoms. The first-order valence-corrected chi connectivity index (χ1v) is 6.71. The second-order valence-electron chi connectivity index (χ2n) is 5.44. The molecule has 0 aromatic heterocycles. The van der Waals surface area contributed by atoms with Crippen LogP contribution in [0.5, 0.6) is 0 Å².